The van der Waals surface area contributed by atoms with Gasteiger partial charge in [-0.05, 0) is 65.9 Å². The topological polar surface area (TPSA) is 93.4 Å². The van der Waals surface area contributed by atoms with Crippen LogP contribution in [-0.4, -0.2) is 58.5 Å². The number of rotatable bonds is 6. The summed E-state index contributed by atoms with van der Waals surface area (Å²) in [6, 6.07) is 16.4. The predicted octanol–water partition coefficient (Wildman–Crippen LogP) is 2.44. The van der Waals surface area contributed by atoms with Crippen molar-refractivity contribution in [3.8, 4) is 5.75 Å². The zero-order chi connectivity index (χ0) is 25.4. The van der Waals surface area contributed by atoms with E-state index in [2.05, 4.69) is 50.5 Å². The molecular formula is C28H34N7O2+. The Labute approximate surface area is 216 Å². The highest BCUT2D eigenvalue weighted by atomic mass is 16.5. The molecule has 0 amide bonds. The molecule has 2 aromatic carbocycles. The molecule has 1 aliphatic heterocycles. The van der Waals surface area contributed by atoms with Gasteiger partial charge in [-0.15, -0.1) is 5.10 Å². The minimum atomic E-state index is -0.246. The highest BCUT2D eigenvalue weighted by Gasteiger charge is 2.38. The Morgan fingerprint density at radius 1 is 1.08 bits per heavy atom. The molecule has 1 aliphatic carbocycles. The number of benzene rings is 2. The zero-order valence-electron chi connectivity index (χ0n) is 21.5. The van der Waals surface area contributed by atoms with Crippen LogP contribution in [0.1, 0.15) is 54.7 Å². The van der Waals surface area contributed by atoms with Gasteiger partial charge in [0.1, 0.15) is 5.75 Å². The molecule has 0 bridgehead atoms. The maximum absolute atomic E-state index is 13.5. The summed E-state index contributed by atoms with van der Waals surface area (Å²) >= 11 is 0. The first kappa shape index (κ1) is 23.7. The number of aromatic amines is 1. The van der Waals surface area contributed by atoms with Gasteiger partial charge in [0.2, 0.25) is 5.82 Å². The average Bonchev–Trinajstić information content (AvgIpc) is 3.62. The number of anilines is 1. The fourth-order valence-corrected chi connectivity index (χ4v) is 6.11. The molecule has 6 rings (SSSR count). The average molecular weight is 501 g/mol. The molecule has 3 heterocycles. The van der Waals surface area contributed by atoms with Gasteiger partial charge in [-0.3, -0.25) is 4.79 Å². The Balaban J connectivity index is 1.39. The summed E-state index contributed by atoms with van der Waals surface area (Å²) in [6.45, 7) is 5.48. The van der Waals surface area contributed by atoms with E-state index in [1.165, 1.54) is 17.7 Å². The van der Waals surface area contributed by atoms with Gasteiger partial charge in [0.25, 0.3) is 5.56 Å². The number of para-hydroxylation sites is 2. The largest absolute Gasteiger partial charge is 0.495 e. The molecule has 2 aliphatic rings. The number of methoxy groups -OCH3 is 1. The van der Waals surface area contributed by atoms with Gasteiger partial charge in [-0.1, -0.05) is 36.6 Å². The van der Waals surface area contributed by atoms with Crippen molar-refractivity contribution in [1.82, 2.24) is 25.2 Å². The van der Waals surface area contributed by atoms with Crippen LogP contribution in [0.4, 0.5) is 5.69 Å². The normalized spacial score (nSPS) is 17.9. The van der Waals surface area contributed by atoms with E-state index in [9.17, 15) is 4.79 Å². The number of aromatic nitrogens is 5. The second-order valence-corrected chi connectivity index (χ2v) is 10.3. The number of ether oxygens (including phenoxy) is 1. The first-order valence-corrected chi connectivity index (χ1v) is 13.3. The Bertz CT molecular complexity index is 1450. The van der Waals surface area contributed by atoms with Crippen molar-refractivity contribution in [3.63, 3.8) is 0 Å². The van der Waals surface area contributed by atoms with Crippen LogP contribution in [0.3, 0.4) is 0 Å². The predicted molar refractivity (Wildman–Crippen MR) is 142 cm³/mol. The summed E-state index contributed by atoms with van der Waals surface area (Å²) in [5, 5.41) is 14.1. The van der Waals surface area contributed by atoms with Crippen molar-refractivity contribution >= 4 is 16.6 Å². The van der Waals surface area contributed by atoms with Crippen LogP contribution in [-0.2, 0) is 0 Å². The van der Waals surface area contributed by atoms with Crippen molar-refractivity contribution in [3.05, 3.63) is 75.8 Å². The highest BCUT2D eigenvalue weighted by molar-refractivity contribution is 5.79. The fraction of sp³-hybridized carbons (Fsp3) is 0.429. The number of hydrogen-bond donors (Lipinski definition) is 2. The molecule has 9 heteroatoms. The quantitative estimate of drug-likeness (QED) is 0.423. The van der Waals surface area contributed by atoms with Gasteiger partial charge in [-0.2, -0.15) is 0 Å². The van der Waals surface area contributed by atoms with E-state index in [1.54, 1.807) is 7.11 Å². The Kier molecular flexibility index (Phi) is 6.38. The molecule has 0 unspecified atom stereocenters. The van der Waals surface area contributed by atoms with Crippen LogP contribution in [0.2, 0.25) is 0 Å². The van der Waals surface area contributed by atoms with Crippen LogP contribution in [0.5, 0.6) is 5.75 Å². The highest BCUT2D eigenvalue weighted by Crippen LogP contribution is 2.32. The SMILES string of the molecule is COc1ccccc1N1CC[NH+]([C@@H](c2cc3cc(C)ccc3[nH]c2=O)c2nnnn2C2CCCC2)CC1. The Morgan fingerprint density at radius 2 is 1.86 bits per heavy atom. The van der Waals surface area contributed by atoms with Crippen LogP contribution >= 0.6 is 0 Å². The van der Waals surface area contributed by atoms with Crippen LogP contribution in [0.15, 0.2) is 53.3 Å². The van der Waals surface area contributed by atoms with Gasteiger partial charge >= 0.3 is 0 Å². The Hall–Kier alpha value is -3.72. The summed E-state index contributed by atoms with van der Waals surface area (Å²) in [5.74, 6) is 1.68. The third-order valence-corrected chi connectivity index (χ3v) is 8.03. The number of aryl methyl sites for hydroxylation is 1. The number of H-pyrrole nitrogens is 1. The molecule has 1 saturated heterocycles. The molecule has 2 N–H and O–H groups in total. The number of tetrazole rings is 1. The molecule has 2 fully saturated rings. The number of fused-ring (bicyclic) bond motifs is 1. The number of nitrogens with zero attached hydrogens (tertiary/aromatic N) is 5. The van der Waals surface area contributed by atoms with Crippen molar-refractivity contribution in [2.24, 2.45) is 0 Å². The number of quaternary nitrogens is 1. The van der Waals surface area contributed by atoms with Gasteiger partial charge < -0.3 is 19.5 Å². The summed E-state index contributed by atoms with van der Waals surface area (Å²) in [4.78, 5) is 20.3. The summed E-state index contributed by atoms with van der Waals surface area (Å²) in [5.41, 5.74) is 3.78. The van der Waals surface area contributed by atoms with Gasteiger partial charge in [0.15, 0.2) is 6.04 Å². The summed E-state index contributed by atoms with van der Waals surface area (Å²) < 4.78 is 7.63. The van der Waals surface area contributed by atoms with E-state index in [4.69, 9.17) is 4.74 Å². The third kappa shape index (κ3) is 4.48. The Morgan fingerprint density at radius 3 is 2.65 bits per heavy atom. The molecule has 1 saturated carbocycles. The molecule has 1 atom stereocenters. The third-order valence-electron chi connectivity index (χ3n) is 8.03. The standard InChI is InChI=1S/C28H33N7O2/c1-19-11-12-23-20(17-19)18-22(28(36)29-23)26(27-30-31-32-35(27)21-7-3-4-8-21)34-15-13-33(14-16-34)24-9-5-6-10-25(24)37-2/h5-6,9-12,17-18,21,26H,3-4,7-8,13-16H2,1-2H3,(H,29,36)/p+1/t26-/m0/s1. The van der Waals surface area contributed by atoms with Crippen molar-refractivity contribution < 1.29 is 9.64 Å². The van der Waals surface area contributed by atoms with Crippen LogP contribution in [0, 0.1) is 6.92 Å². The number of hydrogen-bond acceptors (Lipinski definition) is 6. The minimum Gasteiger partial charge on any atom is -0.495 e. The lowest BCUT2D eigenvalue weighted by Crippen LogP contribution is -3.15. The maximum atomic E-state index is 13.5. The number of nitrogens with one attached hydrogen (secondary N) is 2. The fourth-order valence-electron chi connectivity index (χ4n) is 6.11. The number of pyridine rings is 1. The van der Waals surface area contributed by atoms with Crippen LogP contribution < -0.4 is 20.1 Å². The molecule has 0 radical (unpaired) electrons. The van der Waals surface area contributed by atoms with E-state index < -0.39 is 0 Å². The molecule has 4 aromatic rings. The smallest absolute Gasteiger partial charge is 0.258 e. The van der Waals surface area contributed by atoms with Gasteiger partial charge in [-0.25, -0.2) is 4.68 Å². The zero-order valence-corrected chi connectivity index (χ0v) is 21.5. The van der Waals surface area contributed by atoms with E-state index in [1.807, 2.05) is 35.0 Å². The van der Waals surface area contributed by atoms with Crippen LogP contribution in [0.25, 0.3) is 10.9 Å². The molecule has 192 valence electrons. The monoisotopic (exact) mass is 500 g/mol. The summed E-state index contributed by atoms with van der Waals surface area (Å²) in [7, 11) is 1.72. The second-order valence-electron chi connectivity index (χ2n) is 10.3. The lowest BCUT2D eigenvalue weighted by Gasteiger charge is -2.37. The lowest BCUT2D eigenvalue weighted by atomic mass is 10.0. The van der Waals surface area contributed by atoms with Gasteiger partial charge in [0.05, 0.1) is 50.6 Å². The molecule has 9 nitrogen and oxygen atoms in total. The summed E-state index contributed by atoms with van der Waals surface area (Å²) in [6.07, 6.45) is 4.54. The van der Waals surface area contributed by atoms with E-state index in [0.29, 0.717) is 6.04 Å². The van der Waals surface area contributed by atoms with E-state index in [0.717, 1.165) is 78.3 Å². The minimum absolute atomic E-state index is 0.0676. The molecule has 37 heavy (non-hydrogen) atoms. The number of piperazine rings is 1. The molecule has 0 spiro atoms. The van der Waals surface area contributed by atoms with Gasteiger partial charge in [0, 0.05) is 5.52 Å². The molecule has 2 aromatic heterocycles. The van der Waals surface area contributed by atoms with E-state index in [-0.39, 0.29) is 11.6 Å². The maximum Gasteiger partial charge on any atom is 0.258 e. The second kappa shape index (κ2) is 9.97. The van der Waals surface area contributed by atoms with Crippen molar-refractivity contribution in [2.45, 2.75) is 44.7 Å². The van der Waals surface area contributed by atoms with E-state index >= 15 is 0 Å². The molecular weight excluding hydrogens is 466 g/mol. The van der Waals surface area contributed by atoms with Crippen molar-refractivity contribution in [1.29, 1.82) is 0 Å². The lowest BCUT2D eigenvalue weighted by molar-refractivity contribution is -0.927. The van der Waals surface area contributed by atoms with Crippen molar-refractivity contribution in [2.75, 3.05) is 38.2 Å². The first-order valence-electron chi connectivity index (χ1n) is 13.3. The first-order chi connectivity index (χ1) is 18.1.